The van der Waals surface area contributed by atoms with Crippen LogP contribution in [0.3, 0.4) is 0 Å². The Morgan fingerprint density at radius 2 is 1.41 bits per heavy atom. The van der Waals surface area contributed by atoms with Crippen LogP contribution in [0.5, 0.6) is 11.5 Å². The molecule has 0 heterocycles. The first kappa shape index (κ1) is 28.7. The molecule has 4 rings (SSSR count). The number of amides is 2. The van der Waals surface area contributed by atoms with Crippen LogP contribution in [0.25, 0.3) is 0 Å². The van der Waals surface area contributed by atoms with Crippen LogP contribution >= 0.6 is 0 Å². The van der Waals surface area contributed by atoms with Gasteiger partial charge in [0, 0.05) is 29.4 Å². The maximum absolute atomic E-state index is 13.8. The molecule has 0 saturated heterocycles. The predicted molar refractivity (Wildman–Crippen MR) is 160 cm³/mol. The van der Waals surface area contributed by atoms with Gasteiger partial charge in [0.2, 0.25) is 11.8 Å². The Labute approximate surface area is 239 Å². The molecule has 1 atom stereocenters. The number of anilines is 2. The van der Waals surface area contributed by atoms with Crippen molar-refractivity contribution in [3.8, 4) is 11.5 Å². The van der Waals surface area contributed by atoms with Crippen LogP contribution in [0, 0.1) is 5.41 Å². The van der Waals surface area contributed by atoms with Gasteiger partial charge in [-0.15, -0.1) is 0 Å². The fraction of sp³-hybridized carbons (Fsp3) is 0.156. The summed E-state index contributed by atoms with van der Waals surface area (Å²) in [4.78, 5) is 26.9. The number of carbonyl (C=O) groups is 2. The molecule has 0 bridgehead atoms. The molecule has 9 nitrogen and oxygen atoms in total. The number of rotatable bonds is 12. The molecule has 4 aromatic rings. The van der Waals surface area contributed by atoms with Gasteiger partial charge in [-0.3, -0.25) is 15.0 Å². The number of ether oxygens (including phenoxy) is 2. The zero-order valence-corrected chi connectivity index (χ0v) is 22.9. The molecule has 2 amide bonds. The number of carbonyl (C=O) groups excluding carboxylic acids is 2. The number of methoxy groups -OCH3 is 2. The van der Waals surface area contributed by atoms with Gasteiger partial charge in [0.05, 0.1) is 26.3 Å². The second-order valence-corrected chi connectivity index (χ2v) is 9.28. The first-order chi connectivity index (χ1) is 19.9. The standard InChI is InChI=1S/C32H33N5O4/c1-40-27-18-25(26(19-28(27)41-2)37-29(38)17-21-9-5-3-6-10-21)30(32(39)35-20-22-11-7-4-8-12-22)36-24-15-13-23(14-16-24)31(33)34/h3-16,18-19,30,36H,17,20H2,1-2H3,(H3,33,34)(H,35,39)(H,37,38). The Morgan fingerprint density at radius 3 is 2.00 bits per heavy atom. The minimum atomic E-state index is -0.936. The van der Waals surface area contributed by atoms with Crippen molar-refractivity contribution in [2.24, 2.45) is 5.73 Å². The van der Waals surface area contributed by atoms with E-state index in [1.54, 1.807) is 36.4 Å². The second kappa shape index (κ2) is 13.7. The normalized spacial score (nSPS) is 11.2. The van der Waals surface area contributed by atoms with Gasteiger partial charge in [0.1, 0.15) is 11.9 Å². The van der Waals surface area contributed by atoms with Crippen LogP contribution < -0.4 is 31.2 Å². The van der Waals surface area contributed by atoms with Crippen molar-refractivity contribution >= 4 is 29.0 Å². The second-order valence-electron chi connectivity index (χ2n) is 9.28. The number of benzene rings is 4. The van der Waals surface area contributed by atoms with Crippen molar-refractivity contribution in [1.29, 1.82) is 5.41 Å². The zero-order valence-electron chi connectivity index (χ0n) is 22.9. The Kier molecular flexibility index (Phi) is 9.56. The van der Waals surface area contributed by atoms with Crippen LogP contribution in [-0.4, -0.2) is 31.9 Å². The van der Waals surface area contributed by atoms with Crippen LogP contribution in [0.1, 0.15) is 28.3 Å². The van der Waals surface area contributed by atoms with Crippen molar-refractivity contribution < 1.29 is 19.1 Å². The molecule has 9 heteroatoms. The number of nitrogen functional groups attached to an aromatic ring is 1. The van der Waals surface area contributed by atoms with E-state index in [4.69, 9.17) is 20.6 Å². The number of nitrogens with two attached hydrogens (primary N) is 1. The minimum absolute atomic E-state index is 0.0583. The number of hydrogen-bond donors (Lipinski definition) is 5. The van der Waals surface area contributed by atoms with Crippen molar-refractivity contribution in [3.63, 3.8) is 0 Å². The summed E-state index contributed by atoms with van der Waals surface area (Å²) in [6.07, 6.45) is 0.152. The topological polar surface area (TPSA) is 139 Å². The SMILES string of the molecule is COc1cc(NC(=O)Cc2ccccc2)c(C(Nc2ccc(C(=N)N)cc2)C(=O)NCc2ccccc2)cc1OC. The van der Waals surface area contributed by atoms with E-state index in [0.717, 1.165) is 11.1 Å². The molecule has 0 radical (unpaired) electrons. The summed E-state index contributed by atoms with van der Waals surface area (Å²) in [5.41, 5.74) is 9.46. The third-order valence-electron chi connectivity index (χ3n) is 6.43. The summed E-state index contributed by atoms with van der Waals surface area (Å²) in [6, 6.07) is 28.2. The van der Waals surface area contributed by atoms with Gasteiger partial charge in [0.25, 0.3) is 0 Å². The van der Waals surface area contributed by atoms with Gasteiger partial charge in [-0.2, -0.15) is 0 Å². The molecular weight excluding hydrogens is 518 g/mol. The van der Waals surface area contributed by atoms with E-state index in [2.05, 4.69) is 16.0 Å². The molecule has 0 aliphatic heterocycles. The monoisotopic (exact) mass is 551 g/mol. The Bertz CT molecular complexity index is 1490. The van der Waals surface area contributed by atoms with E-state index in [0.29, 0.717) is 40.5 Å². The fourth-order valence-corrected chi connectivity index (χ4v) is 4.30. The molecule has 0 aliphatic carbocycles. The number of hydrogen-bond acceptors (Lipinski definition) is 6. The van der Waals surface area contributed by atoms with Crippen molar-refractivity contribution in [2.75, 3.05) is 24.9 Å². The molecule has 6 N–H and O–H groups in total. The lowest BCUT2D eigenvalue weighted by molar-refractivity contribution is -0.122. The van der Waals surface area contributed by atoms with E-state index < -0.39 is 6.04 Å². The van der Waals surface area contributed by atoms with Crippen molar-refractivity contribution in [3.05, 3.63) is 119 Å². The molecule has 210 valence electrons. The lowest BCUT2D eigenvalue weighted by Crippen LogP contribution is -2.34. The third kappa shape index (κ3) is 7.63. The van der Waals surface area contributed by atoms with Crippen LogP contribution in [-0.2, 0) is 22.6 Å². The summed E-state index contributed by atoms with van der Waals surface area (Å²) in [5.74, 6) is 0.171. The quantitative estimate of drug-likeness (QED) is 0.128. The van der Waals surface area contributed by atoms with Crippen molar-refractivity contribution in [1.82, 2.24) is 5.32 Å². The van der Waals surface area contributed by atoms with E-state index in [-0.39, 0.29) is 24.1 Å². The summed E-state index contributed by atoms with van der Waals surface area (Å²) < 4.78 is 11.1. The molecule has 41 heavy (non-hydrogen) atoms. The minimum Gasteiger partial charge on any atom is -0.493 e. The molecule has 0 fully saturated rings. The van der Waals surface area contributed by atoms with Gasteiger partial charge in [-0.25, -0.2) is 0 Å². The Balaban J connectivity index is 1.71. The van der Waals surface area contributed by atoms with Crippen LogP contribution in [0.2, 0.25) is 0 Å². The molecule has 4 aromatic carbocycles. The average Bonchev–Trinajstić information content (AvgIpc) is 2.99. The van der Waals surface area contributed by atoms with Crippen LogP contribution in [0.15, 0.2) is 97.1 Å². The van der Waals surface area contributed by atoms with E-state index in [1.807, 2.05) is 60.7 Å². The lowest BCUT2D eigenvalue weighted by Gasteiger charge is -2.24. The van der Waals surface area contributed by atoms with E-state index in [9.17, 15) is 9.59 Å². The molecule has 0 saturated carbocycles. The third-order valence-corrected chi connectivity index (χ3v) is 6.43. The number of amidine groups is 1. The predicted octanol–water partition coefficient (Wildman–Crippen LogP) is 4.64. The molecular formula is C32H33N5O4. The maximum Gasteiger partial charge on any atom is 0.247 e. The van der Waals surface area contributed by atoms with Gasteiger partial charge in [-0.05, 0) is 41.5 Å². The van der Waals surface area contributed by atoms with Gasteiger partial charge in [0.15, 0.2) is 11.5 Å². The Morgan fingerprint density at radius 1 is 0.829 bits per heavy atom. The van der Waals surface area contributed by atoms with Crippen molar-refractivity contribution in [2.45, 2.75) is 19.0 Å². The Hall–Kier alpha value is -5.31. The lowest BCUT2D eigenvalue weighted by atomic mass is 10.0. The highest BCUT2D eigenvalue weighted by atomic mass is 16.5. The largest absolute Gasteiger partial charge is 0.493 e. The summed E-state index contributed by atoms with van der Waals surface area (Å²) in [7, 11) is 3.01. The highest BCUT2D eigenvalue weighted by molar-refractivity contribution is 5.97. The highest BCUT2D eigenvalue weighted by Crippen LogP contribution is 2.37. The van der Waals surface area contributed by atoms with E-state index >= 15 is 0 Å². The summed E-state index contributed by atoms with van der Waals surface area (Å²) in [6.45, 7) is 0.310. The van der Waals surface area contributed by atoms with E-state index in [1.165, 1.54) is 14.2 Å². The smallest absolute Gasteiger partial charge is 0.247 e. The zero-order chi connectivity index (χ0) is 29.2. The highest BCUT2D eigenvalue weighted by Gasteiger charge is 2.27. The maximum atomic E-state index is 13.8. The van der Waals surface area contributed by atoms with Crippen LogP contribution in [0.4, 0.5) is 11.4 Å². The molecule has 0 aromatic heterocycles. The average molecular weight is 552 g/mol. The van der Waals surface area contributed by atoms with Gasteiger partial charge < -0.3 is 31.2 Å². The van der Waals surface area contributed by atoms with Gasteiger partial charge in [-0.1, -0.05) is 60.7 Å². The summed E-state index contributed by atoms with van der Waals surface area (Å²) >= 11 is 0. The first-order valence-corrected chi connectivity index (χ1v) is 13.0. The summed E-state index contributed by atoms with van der Waals surface area (Å²) in [5, 5.41) is 16.9. The molecule has 0 spiro atoms. The fourth-order valence-electron chi connectivity index (χ4n) is 4.30. The molecule has 0 aliphatic rings. The van der Waals surface area contributed by atoms with Gasteiger partial charge >= 0.3 is 0 Å². The number of nitrogens with one attached hydrogen (secondary N) is 4. The first-order valence-electron chi connectivity index (χ1n) is 13.0. The molecule has 1 unspecified atom stereocenters.